The standard InChI is InChI=1S/C25H31N5O/c1-20-17-21(2)30(27-20)19-22-7-6-8-23(18-22)25(31)26-11-12-28-13-15-29(16-14-28)24-9-4-3-5-10-24/h3-10,17-18H,11-16,19H2,1-2H3,(H,26,31). The predicted molar refractivity (Wildman–Crippen MR) is 125 cm³/mol. The number of benzene rings is 2. The lowest BCUT2D eigenvalue weighted by Crippen LogP contribution is -2.48. The van der Waals surface area contributed by atoms with Gasteiger partial charge in [0.25, 0.3) is 5.91 Å². The van der Waals surface area contributed by atoms with E-state index < -0.39 is 0 Å². The van der Waals surface area contributed by atoms with Crippen LogP contribution in [-0.4, -0.2) is 59.9 Å². The van der Waals surface area contributed by atoms with Gasteiger partial charge in [-0.3, -0.25) is 14.4 Å². The highest BCUT2D eigenvalue weighted by molar-refractivity contribution is 5.94. The highest BCUT2D eigenvalue weighted by Crippen LogP contribution is 2.15. The molecule has 4 rings (SSSR count). The monoisotopic (exact) mass is 417 g/mol. The molecule has 0 spiro atoms. The molecule has 3 aromatic rings. The zero-order chi connectivity index (χ0) is 21.6. The Labute approximate surface area is 184 Å². The van der Waals surface area contributed by atoms with Gasteiger partial charge in [0.1, 0.15) is 0 Å². The van der Waals surface area contributed by atoms with Crippen molar-refractivity contribution in [3.05, 3.63) is 83.2 Å². The number of nitrogens with zero attached hydrogens (tertiary/aromatic N) is 4. The number of carbonyl (C=O) groups excluding carboxylic acids is 1. The third-order valence-corrected chi connectivity index (χ3v) is 5.83. The number of anilines is 1. The lowest BCUT2D eigenvalue weighted by atomic mass is 10.1. The van der Waals surface area contributed by atoms with E-state index >= 15 is 0 Å². The van der Waals surface area contributed by atoms with Crippen LogP contribution < -0.4 is 10.2 Å². The molecule has 2 heterocycles. The molecular weight excluding hydrogens is 386 g/mol. The average molecular weight is 418 g/mol. The Balaban J connectivity index is 1.24. The molecule has 31 heavy (non-hydrogen) atoms. The molecule has 1 aliphatic rings. The molecule has 1 saturated heterocycles. The Hall–Kier alpha value is -3.12. The number of aryl methyl sites for hydroxylation is 2. The maximum Gasteiger partial charge on any atom is 0.251 e. The zero-order valence-corrected chi connectivity index (χ0v) is 18.4. The first-order valence-electron chi connectivity index (χ1n) is 11.0. The molecular formula is C25H31N5O. The van der Waals surface area contributed by atoms with Crippen LogP contribution >= 0.6 is 0 Å². The van der Waals surface area contributed by atoms with Gasteiger partial charge in [0, 0.05) is 56.2 Å². The smallest absolute Gasteiger partial charge is 0.251 e. The fourth-order valence-electron chi connectivity index (χ4n) is 4.12. The summed E-state index contributed by atoms with van der Waals surface area (Å²) < 4.78 is 1.97. The molecule has 0 saturated carbocycles. The molecule has 6 nitrogen and oxygen atoms in total. The van der Waals surface area contributed by atoms with Crippen LogP contribution in [0.4, 0.5) is 5.69 Å². The Morgan fingerprint density at radius 3 is 2.45 bits per heavy atom. The van der Waals surface area contributed by atoms with E-state index in [4.69, 9.17) is 0 Å². The molecule has 1 aliphatic heterocycles. The molecule has 1 amide bonds. The number of piperazine rings is 1. The topological polar surface area (TPSA) is 53.4 Å². The molecule has 0 aliphatic carbocycles. The minimum atomic E-state index is -0.0156. The van der Waals surface area contributed by atoms with Gasteiger partial charge in [0.05, 0.1) is 12.2 Å². The number of carbonyl (C=O) groups is 1. The van der Waals surface area contributed by atoms with Crippen molar-refractivity contribution in [1.29, 1.82) is 0 Å². The minimum Gasteiger partial charge on any atom is -0.369 e. The van der Waals surface area contributed by atoms with Gasteiger partial charge in [-0.05, 0) is 49.7 Å². The van der Waals surface area contributed by atoms with Crippen molar-refractivity contribution in [3.8, 4) is 0 Å². The lowest BCUT2D eigenvalue weighted by Gasteiger charge is -2.36. The fourth-order valence-corrected chi connectivity index (χ4v) is 4.12. The quantitative estimate of drug-likeness (QED) is 0.642. The van der Waals surface area contributed by atoms with Crippen LogP contribution in [0.1, 0.15) is 27.3 Å². The maximum absolute atomic E-state index is 12.6. The summed E-state index contributed by atoms with van der Waals surface area (Å²) in [5.41, 5.74) is 5.20. The molecule has 2 aromatic carbocycles. The summed E-state index contributed by atoms with van der Waals surface area (Å²) >= 11 is 0. The van der Waals surface area contributed by atoms with Gasteiger partial charge in [-0.2, -0.15) is 5.10 Å². The maximum atomic E-state index is 12.6. The van der Waals surface area contributed by atoms with E-state index in [1.54, 1.807) is 0 Å². The average Bonchev–Trinajstić information content (AvgIpc) is 3.11. The van der Waals surface area contributed by atoms with Crippen LogP contribution in [-0.2, 0) is 6.54 Å². The molecule has 1 fully saturated rings. The van der Waals surface area contributed by atoms with Gasteiger partial charge in [0.2, 0.25) is 0 Å². The number of para-hydroxylation sites is 1. The van der Waals surface area contributed by atoms with Gasteiger partial charge in [0.15, 0.2) is 0 Å². The van der Waals surface area contributed by atoms with Crippen molar-refractivity contribution < 1.29 is 4.79 Å². The van der Waals surface area contributed by atoms with E-state index in [0.717, 1.165) is 49.7 Å². The van der Waals surface area contributed by atoms with Crippen LogP contribution in [0.2, 0.25) is 0 Å². The molecule has 6 heteroatoms. The van der Waals surface area contributed by atoms with Crippen LogP contribution in [0, 0.1) is 13.8 Å². The number of hydrogen-bond acceptors (Lipinski definition) is 4. The van der Waals surface area contributed by atoms with Crippen molar-refractivity contribution in [1.82, 2.24) is 20.0 Å². The predicted octanol–water partition coefficient (Wildman–Crippen LogP) is 3.10. The molecule has 0 unspecified atom stereocenters. The van der Waals surface area contributed by atoms with Crippen LogP contribution in [0.15, 0.2) is 60.7 Å². The van der Waals surface area contributed by atoms with Gasteiger partial charge in [-0.1, -0.05) is 30.3 Å². The van der Waals surface area contributed by atoms with Crippen molar-refractivity contribution in [2.45, 2.75) is 20.4 Å². The SMILES string of the molecule is Cc1cc(C)n(Cc2cccc(C(=O)NCCN3CCN(c4ccccc4)CC3)c2)n1. The van der Waals surface area contributed by atoms with Gasteiger partial charge in [-0.15, -0.1) is 0 Å². The second-order valence-electron chi connectivity index (χ2n) is 8.21. The summed E-state index contributed by atoms with van der Waals surface area (Å²) in [7, 11) is 0. The highest BCUT2D eigenvalue weighted by Gasteiger charge is 2.17. The summed E-state index contributed by atoms with van der Waals surface area (Å²) in [4.78, 5) is 17.5. The Morgan fingerprint density at radius 2 is 1.74 bits per heavy atom. The first-order valence-corrected chi connectivity index (χ1v) is 11.0. The number of hydrogen-bond donors (Lipinski definition) is 1. The Bertz CT molecular complexity index is 1010. The third-order valence-electron chi connectivity index (χ3n) is 5.83. The molecule has 0 radical (unpaired) electrons. The molecule has 0 bridgehead atoms. The Morgan fingerprint density at radius 1 is 0.968 bits per heavy atom. The van der Waals surface area contributed by atoms with Crippen LogP contribution in [0.25, 0.3) is 0 Å². The van der Waals surface area contributed by atoms with Crippen molar-refractivity contribution in [2.24, 2.45) is 0 Å². The normalized spacial score (nSPS) is 14.6. The first-order chi connectivity index (χ1) is 15.1. The van der Waals surface area contributed by atoms with Crippen molar-refractivity contribution in [2.75, 3.05) is 44.2 Å². The van der Waals surface area contributed by atoms with Gasteiger partial charge in [-0.25, -0.2) is 0 Å². The van der Waals surface area contributed by atoms with E-state index in [2.05, 4.69) is 63.5 Å². The summed E-state index contributed by atoms with van der Waals surface area (Å²) in [5.74, 6) is -0.0156. The van der Waals surface area contributed by atoms with E-state index in [9.17, 15) is 4.79 Å². The first kappa shape index (κ1) is 21.1. The van der Waals surface area contributed by atoms with E-state index in [1.165, 1.54) is 5.69 Å². The van der Waals surface area contributed by atoms with Crippen molar-refractivity contribution in [3.63, 3.8) is 0 Å². The largest absolute Gasteiger partial charge is 0.369 e. The molecule has 162 valence electrons. The second-order valence-corrected chi connectivity index (χ2v) is 8.21. The summed E-state index contributed by atoms with van der Waals surface area (Å²) in [6.07, 6.45) is 0. The van der Waals surface area contributed by atoms with E-state index in [0.29, 0.717) is 18.7 Å². The fraction of sp³-hybridized carbons (Fsp3) is 0.360. The second kappa shape index (κ2) is 9.79. The van der Waals surface area contributed by atoms with Crippen LogP contribution in [0.3, 0.4) is 0 Å². The van der Waals surface area contributed by atoms with Crippen LogP contribution in [0.5, 0.6) is 0 Å². The minimum absolute atomic E-state index is 0.0156. The lowest BCUT2D eigenvalue weighted by molar-refractivity contribution is 0.0947. The number of nitrogens with one attached hydrogen (secondary N) is 1. The van der Waals surface area contributed by atoms with E-state index in [1.807, 2.05) is 35.9 Å². The van der Waals surface area contributed by atoms with Gasteiger partial charge < -0.3 is 10.2 Å². The summed E-state index contributed by atoms with van der Waals surface area (Å²) in [6.45, 7) is 10.3. The number of amides is 1. The van der Waals surface area contributed by atoms with Crippen molar-refractivity contribution >= 4 is 11.6 Å². The van der Waals surface area contributed by atoms with E-state index in [-0.39, 0.29) is 5.91 Å². The molecule has 0 atom stereocenters. The molecule has 1 N–H and O–H groups in total. The Kier molecular flexibility index (Phi) is 6.67. The van der Waals surface area contributed by atoms with Gasteiger partial charge >= 0.3 is 0 Å². The molecule has 1 aromatic heterocycles. The number of rotatable bonds is 7. The summed E-state index contributed by atoms with van der Waals surface area (Å²) in [5, 5.41) is 7.59. The summed E-state index contributed by atoms with van der Waals surface area (Å²) in [6, 6.07) is 20.4. The number of aromatic nitrogens is 2. The highest BCUT2D eigenvalue weighted by atomic mass is 16.1. The third kappa shape index (κ3) is 5.52. The zero-order valence-electron chi connectivity index (χ0n) is 18.4.